The molecular weight excluding hydrogens is 422 g/mol. The standard InChI is InChI=1S/C13H16FN4O4PS3/c1-2-6-9(22-23(24)25-3-4-26-23)7(14)12(21-6)18-5-15-8-10(18)16-13(20)17-11(8)19/h5-7,9,12H,2-4H2,1H3,(H2,16,17,19,20)/t6-,7-,9-,12-/m1/s1. The largest absolute Gasteiger partial charge is 0.480 e. The van der Waals surface area contributed by atoms with E-state index in [1.807, 2.05) is 6.92 Å². The number of aromatic amines is 1. The fraction of sp³-hybridized carbons (Fsp3) is 0.615. The number of imidazole rings is 1. The van der Waals surface area contributed by atoms with Crippen LogP contribution in [-0.4, -0.2) is 54.5 Å². The van der Waals surface area contributed by atoms with Crippen molar-refractivity contribution in [3.05, 3.63) is 16.7 Å². The lowest BCUT2D eigenvalue weighted by Crippen LogP contribution is -2.30. The molecule has 2 aromatic heterocycles. The van der Waals surface area contributed by atoms with Crippen LogP contribution in [-0.2, 0) is 21.1 Å². The van der Waals surface area contributed by atoms with E-state index in [1.54, 1.807) is 22.8 Å². The second-order valence-corrected chi connectivity index (χ2v) is 16.5. The summed E-state index contributed by atoms with van der Waals surface area (Å²) in [6.45, 7) is 1.89. The highest BCUT2D eigenvalue weighted by atomic mass is 33.2. The van der Waals surface area contributed by atoms with E-state index >= 15 is 4.39 Å². The second kappa shape index (κ2) is 7.06. The average molecular weight is 438 g/mol. The van der Waals surface area contributed by atoms with Gasteiger partial charge in [0.2, 0.25) is 0 Å². The predicted octanol–water partition coefficient (Wildman–Crippen LogP) is 2.56. The van der Waals surface area contributed by atoms with Crippen LogP contribution in [0.5, 0.6) is 6.01 Å². The van der Waals surface area contributed by atoms with Gasteiger partial charge in [0, 0.05) is 11.5 Å². The van der Waals surface area contributed by atoms with Crippen LogP contribution in [0.25, 0.3) is 11.2 Å². The fourth-order valence-corrected chi connectivity index (χ4v) is 12.3. The van der Waals surface area contributed by atoms with Gasteiger partial charge in [0.25, 0.3) is 11.6 Å². The number of hydrogen-bond acceptors (Lipinski definition) is 9. The van der Waals surface area contributed by atoms with Crippen molar-refractivity contribution in [1.29, 1.82) is 0 Å². The molecule has 0 amide bonds. The first-order valence-corrected chi connectivity index (χ1v) is 13.8. The minimum atomic E-state index is -2.16. The number of fused-ring (bicyclic) bond motifs is 1. The van der Waals surface area contributed by atoms with Crippen LogP contribution in [0.1, 0.15) is 19.6 Å². The van der Waals surface area contributed by atoms with Crippen molar-refractivity contribution < 1.29 is 18.8 Å². The molecule has 26 heavy (non-hydrogen) atoms. The predicted molar refractivity (Wildman–Crippen MR) is 103 cm³/mol. The summed E-state index contributed by atoms with van der Waals surface area (Å²) in [5, 5.41) is 9.55. The van der Waals surface area contributed by atoms with Gasteiger partial charge in [-0.2, -0.15) is 4.98 Å². The van der Waals surface area contributed by atoms with Crippen molar-refractivity contribution in [3.8, 4) is 6.01 Å². The maximum Gasteiger partial charge on any atom is 0.296 e. The maximum atomic E-state index is 15.3. The molecule has 0 unspecified atom stereocenters. The summed E-state index contributed by atoms with van der Waals surface area (Å²) in [5.41, 5.74) is -0.541. The lowest BCUT2D eigenvalue weighted by atomic mass is 10.1. The number of alkyl halides is 1. The van der Waals surface area contributed by atoms with Gasteiger partial charge in [0.15, 0.2) is 28.2 Å². The van der Waals surface area contributed by atoms with E-state index in [0.29, 0.717) is 6.42 Å². The summed E-state index contributed by atoms with van der Waals surface area (Å²) in [4.78, 5) is 21.8. The Morgan fingerprint density at radius 2 is 2.31 bits per heavy atom. The Labute approximate surface area is 160 Å². The summed E-state index contributed by atoms with van der Waals surface area (Å²) in [7, 11) is 0. The van der Waals surface area contributed by atoms with Crippen molar-refractivity contribution >= 4 is 50.4 Å². The zero-order chi connectivity index (χ0) is 18.5. The van der Waals surface area contributed by atoms with Crippen molar-refractivity contribution in [2.24, 2.45) is 0 Å². The summed E-state index contributed by atoms with van der Waals surface area (Å²) in [6, 6.07) is -0.563. The normalized spacial score (nSPS) is 31.0. The van der Waals surface area contributed by atoms with Crippen LogP contribution in [0.2, 0.25) is 0 Å². The Kier molecular flexibility index (Phi) is 5.08. The molecule has 2 saturated heterocycles. The van der Waals surface area contributed by atoms with Crippen LogP contribution >= 0.6 is 27.4 Å². The molecule has 2 N–H and O–H groups in total. The average Bonchev–Trinajstić information content (AvgIpc) is 3.27. The van der Waals surface area contributed by atoms with E-state index in [2.05, 4.69) is 15.0 Å². The van der Waals surface area contributed by atoms with Crippen LogP contribution < -0.4 is 5.56 Å². The molecule has 2 fully saturated rings. The van der Waals surface area contributed by atoms with Crippen LogP contribution in [0.15, 0.2) is 11.1 Å². The smallest absolute Gasteiger partial charge is 0.296 e. The summed E-state index contributed by atoms with van der Waals surface area (Å²) in [6.07, 6.45) is -1.97. The summed E-state index contributed by atoms with van der Waals surface area (Å²) in [5.74, 6) is 1.82. The first kappa shape index (κ1) is 18.7. The third kappa shape index (κ3) is 3.20. The third-order valence-electron chi connectivity index (χ3n) is 4.20. The second-order valence-electron chi connectivity index (χ2n) is 5.82. The van der Waals surface area contributed by atoms with Crippen molar-refractivity contribution in [3.63, 3.8) is 0 Å². The van der Waals surface area contributed by atoms with E-state index in [1.165, 1.54) is 10.9 Å². The number of rotatable bonds is 4. The molecule has 2 aliphatic heterocycles. The Balaban J connectivity index is 1.68. The van der Waals surface area contributed by atoms with Crippen LogP contribution in [0.4, 0.5) is 4.39 Å². The highest BCUT2D eigenvalue weighted by Gasteiger charge is 2.49. The van der Waals surface area contributed by atoms with Crippen molar-refractivity contribution in [2.75, 3.05) is 11.5 Å². The minimum absolute atomic E-state index is 0.00478. The zero-order valence-corrected chi connectivity index (χ0v) is 16.9. The molecule has 0 saturated carbocycles. The number of halogens is 1. The summed E-state index contributed by atoms with van der Waals surface area (Å²) >= 11 is 8.76. The molecule has 4 atom stereocenters. The lowest BCUT2D eigenvalue weighted by molar-refractivity contribution is -0.0214. The van der Waals surface area contributed by atoms with E-state index in [4.69, 9.17) is 21.1 Å². The van der Waals surface area contributed by atoms with Crippen LogP contribution in [0.3, 0.4) is 0 Å². The van der Waals surface area contributed by atoms with Gasteiger partial charge in [-0.1, -0.05) is 29.7 Å². The van der Waals surface area contributed by atoms with E-state index in [9.17, 15) is 9.90 Å². The molecule has 4 heterocycles. The van der Waals surface area contributed by atoms with Crippen molar-refractivity contribution in [2.45, 2.75) is 38.0 Å². The maximum absolute atomic E-state index is 15.3. The number of aromatic nitrogens is 4. The number of ether oxygens (including phenoxy) is 1. The molecule has 13 heteroatoms. The highest BCUT2D eigenvalue weighted by molar-refractivity contribution is 9.00. The molecule has 0 radical (unpaired) electrons. The highest BCUT2D eigenvalue weighted by Crippen LogP contribution is 2.75. The van der Waals surface area contributed by atoms with Gasteiger partial charge >= 0.3 is 0 Å². The zero-order valence-electron chi connectivity index (χ0n) is 13.6. The first-order valence-electron chi connectivity index (χ1n) is 7.95. The molecule has 0 aliphatic carbocycles. The molecule has 2 aromatic rings. The van der Waals surface area contributed by atoms with Crippen molar-refractivity contribution in [1.82, 2.24) is 19.5 Å². The van der Waals surface area contributed by atoms with Gasteiger partial charge in [0.05, 0.1) is 12.4 Å². The Morgan fingerprint density at radius 3 is 3.00 bits per heavy atom. The number of H-pyrrole nitrogens is 1. The van der Waals surface area contributed by atoms with Gasteiger partial charge in [-0.05, 0) is 18.2 Å². The number of nitrogens with zero attached hydrogens (tertiary/aromatic N) is 3. The fourth-order valence-electron chi connectivity index (χ4n) is 3.02. The lowest BCUT2D eigenvalue weighted by Gasteiger charge is -2.24. The topological polar surface area (TPSA) is 102 Å². The van der Waals surface area contributed by atoms with Gasteiger partial charge in [-0.15, -0.1) is 0 Å². The molecule has 4 rings (SSSR count). The Bertz CT molecular complexity index is 930. The van der Waals surface area contributed by atoms with E-state index in [-0.39, 0.29) is 11.2 Å². The van der Waals surface area contributed by atoms with Gasteiger partial charge in [-0.25, -0.2) is 9.37 Å². The monoisotopic (exact) mass is 438 g/mol. The minimum Gasteiger partial charge on any atom is -0.480 e. The van der Waals surface area contributed by atoms with E-state index in [0.717, 1.165) is 11.5 Å². The third-order valence-corrected chi connectivity index (χ3v) is 13.9. The Hall–Kier alpha value is -0.650. The number of hydrogen-bond donors (Lipinski definition) is 2. The SMILES string of the molecule is CC[C@H]1O[C@@H](n2cnc3c(=O)[nH]c(O)nc32)[C@H](F)[C@@H]1OP1(=S)SCCS1. The molecular formula is C13H16FN4O4PS3. The molecule has 2 aliphatic rings. The molecule has 8 nitrogen and oxygen atoms in total. The molecule has 0 spiro atoms. The van der Waals surface area contributed by atoms with Gasteiger partial charge in [-0.3, -0.25) is 14.3 Å². The van der Waals surface area contributed by atoms with E-state index < -0.39 is 40.8 Å². The molecule has 0 bridgehead atoms. The van der Waals surface area contributed by atoms with Crippen LogP contribution in [0, 0.1) is 0 Å². The summed E-state index contributed by atoms with van der Waals surface area (Å²) < 4.78 is 26.4. The quantitative estimate of drug-likeness (QED) is 0.697. The number of aromatic hydroxyl groups is 1. The molecule has 142 valence electrons. The first-order chi connectivity index (χ1) is 12.4. The van der Waals surface area contributed by atoms with Gasteiger partial charge < -0.3 is 14.4 Å². The molecule has 0 aromatic carbocycles. The Morgan fingerprint density at radius 1 is 1.58 bits per heavy atom. The number of nitrogens with one attached hydrogen (secondary N) is 1. The van der Waals surface area contributed by atoms with Gasteiger partial charge in [0.1, 0.15) is 6.10 Å².